The van der Waals surface area contributed by atoms with Crippen molar-refractivity contribution >= 4 is 11.7 Å². The van der Waals surface area contributed by atoms with Crippen molar-refractivity contribution in [3.8, 4) is 0 Å². The largest absolute Gasteiger partial charge is 0.417 e. The number of carbonyl (C=O) groups is 1. The summed E-state index contributed by atoms with van der Waals surface area (Å²) in [6.45, 7) is 3.79. The van der Waals surface area contributed by atoms with Gasteiger partial charge in [-0.15, -0.1) is 0 Å². The number of alkyl halides is 3. The molecule has 1 amide bonds. The summed E-state index contributed by atoms with van der Waals surface area (Å²) in [6.07, 6.45) is -0.203. The molecule has 0 aromatic carbocycles. The van der Waals surface area contributed by atoms with Crippen molar-refractivity contribution in [2.24, 2.45) is 5.92 Å². The highest BCUT2D eigenvalue weighted by Gasteiger charge is 2.31. The van der Waals surface area contributed by atoms with Crippen molar-refractivity contribution in [1.82, 2.24) is 9.55 Å². The van der Waals surface area contributed by atoms with Crippen LogP contribution in [0.2, 0.25) is 0 Å². The zero-order valence-electron chi connectivity index (χ0n) is 12.1. The van der Waals surface area contributed by atoms with Crippen molar-refractivity contribution in [3.63, 3.8) is 0 Å². The molecule has 1 atom stereocenters. The molecule has 0 aliphatic rings. The van der Waals surface area contributed by atoms with Gasteiger partial charge in [0, 0.05) is 18.6 Å². The number of nitrogens with zero attached hydrogens (tertiary/aromatic N) is 2. The third-order valence-corrected chi connectivity index (χ3v) is 3.19. The zero-order chi connectivity index (χ0) is 16.3. The Balaban J connectivity index is 2.14. The molecule has 0 bridgehead atoms. The molecule has 22 heavy (non-hydrogen) atoms. The van der Waals surface area contributed by atoms with E-state index < -0.39 is 17.8 Å². The maximum Gasteiger partial charge on any atom is 0.417 e. The summed E-state index contributed by atoms with van der Waals surface area (Å²) in [5, 5.41) is 2.55. The van der Waals surface area contributed by atoms with Crippen LogP contribution in [0.4, 0.5) is 19.0 Å². The molecular weight excluding hydrogens is 295 g/mol. The molecule has 2 rings (SSSR count). The first-order valence-corrected chi connectivity index (χ1v) is 6.75. The van der Waals surface area contributed by atoms with E-state index in [-0.39, 0.29) is 17.6 Å². The summed E-state index contributed by atoms with van der Waals surface area (Å²) in [5.41, 5.74) is -0.851. The Morgan fingerprint density at radius 3 is 2.32 bits per heavy atom. The van der Waals surface area contributed by atoms with Gasteiger partial charge in [0.2, 0.25) is 5.91 Å². The molecule has 1 N–H and O–H groups in total. The third-order valence-electron chi connectivity index (χ3n) is 3.19. The van der Waals surface area contributed by atoms with Gasteiger partial charge in [0.1, 0.15) is 11.9 Å². The van der Waals surface area contributed by atoms with Gasteiger partial charge in [-0.05, 0) is 30.2 Å². The van der Waals surface area contributed by atoms with Gasteiger partial charge < -0.3 is 9.88 Å². The monoisotopic (exact) mass is 311 g/mol. The predicted octanol–water partition coefficient (Wildman–Crippen LogP) is 3.74. The van der Waals surface area contributed by atoms with Crippen molar-refractivity contribution in [2.75, 3.05) is 5.32 Å². The Bertz CT molecular complexity index is 618. The molecule has 0 spiro atoms. The second-order valence-electron chi connectivity index (χ2n) is 5.24. The first-order chi connectivity index (χ1) is 10.3. The van der Waals surface area contributed by atoms with Crippen molar-refractivity contribution < 1.29 is 18.0 Å². The van der Waals surface area contributed by atoms with Crippen molar-refractivity contribution in [2.45, 2.75) is 26.1 Å². The molecule has 7 heteroatoms. The molecule has 2 heterocycles. The van der Waals surface area contributed by atoms with Crippen molar-refractivity contribution in [3.05, 3.63) is 48.4 Å². The number of halogens is 3. The van der Waals surface area contributed by atoms with Crippen LogP contribution in [-0.2, 0) is 11.0 Å². The number of anilines is 1. The Morgan fingerprint density at radius 1 is 1.23 bits per heavy atom. The van der Waals surface area contributed by atoms with E-state index in [0.29, 0.717) is 6.20 Å². The Kier molecular flexibility index (Phi) is 4.54. The molecule has 4 nitrogen and oxygen atoms in total. The lowest BCUT2D eigenvalue weighted by atomic mass is 10.0. The van der Waals surface area contributed by atoms with E-state index in [9.17, 15) is 18.0 Å². The van der Waals surface area contributed by atoms with Crippen LogP contribution in [0.15, 0.2) is 42.9 Å². The molecule has 0 saturated heterocycles. The molecule has 0 aliphatic carbocycles. The lowest BCUT2D eigenvalue weighted by molar-refractivity contribution is -0.137. The molecule has 2 aromatic heterocycles. The number of pyridine rings is 1. The first-order valence-electron chi connectivity index (χ1n) is 6.75. The minimum Gasteiger partial charge on any atom is -0.342 e. The molecule has 0 fully saturated rings. The van der Waals surface area contributed by atoms with Crippen LogP contribution in [0.3, 0.4) is 0 Å². The van der Waals surface area contributed by atoms with Gasteiger partial charge >= 0.3 is 6.18 Å². The summed E-state index contributed by atoms with van der Waals surface area (Å²) < 4.78 is 39.2. The van der Waals surface area contributed by atoms with Gasteiger partial charge in [-0.25, -0.2) is 4.98 Å². The highest BCUT2D eigenvalue weighted by Crippen LogP contribution is 2.29. The van der Waals surface area contributed by atoms with Gasteiger partial charge in [-0.2, -0.15) is 13.2 Å². The fourth-order valence-electron chi connectivity index (χ4n) is 2.15. The molecule has 0 unspecified atom stereocenters. The van der Waals surface area contributed by atoms with E-state index in [2.05, 4.69) is 10.3 Å². The Hall–Kier alpha value is -2.31. The smallest absolute Gasteiger partial charge is 0.342 e. The molecule has 2 aromatic rings. The van der Waals surface area contributed by atoms with Crippen LogP contribution in [-0.4, -0.2) is 15.5 Å². The lowest BCUT2D eigenvalue weighted by Crippen LogP contribution is -2.29. The van der Waals surface area contributed by atoms with Crippen LogP contribution in [0, 0.1) is 5.92 Å². The minimum absolute atomic E-state index is 0.0156. The van der Waals surface area contributed by atoms with Gasteiger partial charge in [0.25, 0.3) is 0 Å². The first kappa shape index (κ1) is 16.1. The van der Waals surface area contributed by atoms with E-state index in [0.717, 1.165) is 12.1 Å². The number of rotatable bonds is 4. The standard InChI is InChI=1S/C15H16F3N3O/c1-10(2)13(21-7-3-4-8-21)14(22)20-12-6-5-11(9-19-12)15(16,17)18/h3-10,13H,1-2H3,(H,19,20,22)/t13-/m0/s1. The Labute approximate surface area is 126 Å². The fraction of sp³-hybridized carbons (Fsp3) is 0.333. The lowest BCUT2D eigenvalue weighted by Gasteiger charge is -2.21. The SMILES string of the molecule is CC(C)[C@@H](C(=O)Nc1ccc(C(F)(F)F)cn1)n1cccc1. The number of carbonyl (C=O) groups excluding carboxylic acids is 1. The van der Waals surface area contributed by atoms with Crippen molar-refractivity contribution in [1.29, 1.82) is 0 Å². The Morgan fingerprint density at radius 2 is 1.86 bits per heavy atom. The molecule has 0 aliphatic heterocycles. The zero-order valence-corrected chi connectivity index (χ0v) is 12.1. The van der Waals surface area contributed by atoms with E-state index in [1.807, 2.05) is 13.8 Å². The van der Waals surface area contributed by atoms with E-state index >= 15 is 0 Å². The second-order valence-corrected chi connectivity index (χ2v) is 5.24. The average molecular weight is 311 g/mol. The number of hydrogen-bond acceptors (Lipinski definition) is 2. The fourth-order valence-corrected chi connectivity index (χ4v) is 2.15. The number of hydrogen-bond donors (Lipinski definition) is 1. The van der Waals surface area contributed by atoms with Gasteiger partial charge in [-0.1, -0.05) is 13.8 Å². The molecular formula is C15H16F3N3O. The average Bonchev–Trinajstić information content (AvgIpc) is 2.91. The number of nitrogens with one attached hydrogen (secondary N) is 1. The minimum atomic E-state index is -4.44. The highest BCUT2D eigenvalue weighted by molar-refractivity contribution is 5.93. The van der Waals surface area contributed by atoms with Crippen LogP contribution >= 0.6 is 0 Å². The molecule has 0 radical (unpaired) electrons. The summed E-state index contributed by atoms with van der Waals surface area (Å²) >= 11 is 0. The second kappa shape index (κ2) is 6.21. The van der Waals surface area contributed by atoms with E-state index in [1.54, 1.807) is 29.1 Å². The summed E-state index contributed by atoms with van der Waals surface area (Å²) in [5.74, 6) is -0.212. The van der Waals surface area contributed by atoms with Crippen LogP contribution < -0.4 is 5.32 Å². The summed E-state index contributed by atoms with van der Waals surface area (Å²) in [4.78, 5) is 16.0. The van der Waals surface area contributed by atoms with Crippen LogP contribution in [0.5, 0.6) is 0 Å². The summed E-state index contributed by atoms with van der Waals surface area (Å²) in [7, 11) is 0. The quantitative estimate of drug-likeness (QED) is 0.935. The molecule has 0 saturated carbocycles. The predicted molar refractivity (Wildman–Crippen MR) is 76.2 cm³/mol. The highest BCUT2D eigenvalue weighted by atomic mass is 19.4. The maximum absolute atomic E-state index is 12.5. The topological polar surface area (TPSA) is 46.9 Å². The molecule has 118 valence electrons. The normalized spacial score (nSPS) is 13.2. The number of aromatic nitrogens is 2. The van der Waals surface area contributed by atoms with Gasteiger partial charge in [0.15, 0.2) is 0 Å². The van der Waals surface area contributed by atoms with E-state index in [4.69, 9.17) is 0 Å². The maximum atomic E-state index is 12.5. The summed E-state index contributed by atoms with van der Waals surface area (Å²) in [6, 6.07) is 5.19. The van der Waals surface area contributed by atoms with Gasteiger partial charge in [0.05, 0.1) is 5.56 Å². The van der Waals surface area contributed by atoms with Crippen LogP contribution in [0.1, 0.15) is 25.5 Å². The number of amides is 1. The van der Waals surface area contributed by atoms with Gasteiger partial charge in [-0.3, -0.25) is 4.79 Å². The third kappa shape index (κ3) is 3.66. The van der Waals surface area contributed by atoms with E-state index in [1.165, 1.54) is 0 Å². The van der Waals surface area contributed by atoms with Crippen LogP contribution in [0.25, 0.3) is 0 Å².